The van der Waals surface area contributed by atoms with Gasteiger partial charge in [-0.15, -0.1) is 12.4 Å². The number of halogens is 2. The standard InChI is InChI=1S/C20H28FN3OS.ClH/c1-24-18(12-19(25)22-13-15-8-10-16(21)11-9-15)14-26-20(24)23-17-6-4-2-3-5-7-17;/h8-11,17-18H,2-7,12-14H2,1H3,(H,22,25);1H/b23-20-;. The second kappa shape index (κ2) is 10.9. The van der Waals surface area contributed by atoms with Gasteiger partial charge in [0.15, 0.2) is 5.17 Å². The molecule has 1 aromatic carbocycles. The number of hydrogen-bond donors (Lipinski definition) is 1. The molecule has 1 aromatic rings. The molecule has 4 nitrogen and oxygen atoms in total. The molecule has 1 amide bonds. The van der Waals surface area contributed by atoms with E-state index < -0.39 is 0 Å². The molecule has 27 heavy (non-hydrogen) atoms. The van der Waals surface area contributed by atoms with E-state index in [4.69, 9.17) is 4.99 Å². The van der Waals surface area contributed by atoms with Crippen LogP contribution in [0.3, 0.4) is 0 Å². The number of thioether (sulfide) groups is 1. The summed E-state index contributed by atoms with van der Waals surface area (Å²) in [6.07, 6.45) is 8.09. The molecule has 1 heterocycles. The molecule has 1 aliphatic carbocycles. The topological polar surface area (TPSA) is 44.7 Å². The van der Waals surface area contributed by atoms with Gasteiger partial charge in [0.2, 0.25) is 5.91 Å². The zero-order chi connectivity index (χ0) is 18.4. The molecule has 1 N–H and O–H groups in total. The first-order chi connectivity index (χ1) is 12.6. The van der Waals surface area contributed by atoms with Crippen LogP contribution in [-0.4, -0.2) is 40.9 Å². The minimum Gasteiger partial charge on any atom is -0.352 e. The Kier molecular flexibility index (Phi) is 8.90. The average molecular weight is 414 g/mol. The number of amidine groups is 1. The van der Waals surface area contributed by atoms with E-state index in [2.05, 4.69) is 10.2 Å². The molecule has 1 saturated carbocycles. The van der Waals surface area contributed by atoms with Gasteiger partial charge in [-0.3, -0.25) is 9.79 Å². The van der Waals surface area contributed by atoms with Gasteiger partial charge in [0.25, 0.3) is 0 Å². The molecule has 1 atom stereocenters. The van der Waals surface area contributed by atoms with Crippen LogP contribution in [-0.2, 0) is 11.3 Å². The minimum absolute atomic E-state index is 0. The lowest BCUT2D eigenvalue weighted by Gasteiger charge is -2.21. The average Bonchev–Trinajstić information content (AvgIpc) is 2.84. The van der Waals surface area contributed by atoms with Crippen molar-refractivity contribution in [2.75, 3.05) is 12.8 Å². The SMILES string of the molecule is CN1/C(=N/C2CCCCCC2)SCC1CC(=O)NCc1ccc(F)cc1.Cl. The van der Waals surface area contributed by atoms with E-state index in [9.17, 15) is 9.18 Å². The molecule has 3 rings (SSSR count). The fourth-order valence-electron chi connectivity index (χ4n) is 3.50. The number of nitrogens with zero attached hydrogens (tertiary/aromatic N) is 2. The van der Waals surface area contributed by atoms with E-state index in [1.165, 1.54) is 50.7 Å². The van der Waals surface area contributed by atoms with Crippen LogP contribution in [0.25, 0.3) is 0 Å². The summed E-state index contributed by atoms with van der Waals surface area (Å²) in [5.41, 5.74) is 0.907. The molecule has 0 radical (unpaired) electrons. The van der Waals surface area contributed by atoms with E-state index >= 15 is 0 Å². The molecule has 150 valence electrons. The maximum absolute atomic E-state index is 12.9. The van der Waals surface area contributed by atoms with Crippen molar-refractivity contribution in [3.05, 3.63) is 35.6 Å². The van der Waals surface area contributed by atoms with Crippen LogP contribution in [0.2, 0.25) is 0 Å². The summed E-state index contributed by atoms with van der Waals surface area (Å²) < 4.78 is 12.9. The first-order valence-corrected chi connectivity index (χ1v) is 10.5. The van der Waals surface area contributed by atoms with E-state index in [0.717, 1.165) is 16.5 Å². The first kappa shape index (κ1) is 22.0. The number of amides is 1. The molecule has 0 aromatic heterocycles. The lowest BCUT2D eigenvalue weighted by atomic mass is 10.1. The second-order valence-corrected chi connectivity index (χ2v) is 8.23. The van der Waals surface area contributed by atoms with Gasteiger partial charge in [-0.1, -0.05) is 49.6 Å². The van der Waals surface area contributed by atoms with Gasteiger partial charge >= 0.3 is 0 Å². The zero-order valence-electron chi connectivity index (χ0n) is 15.8. The van der Waals surface area contributed by atoms with Crippen molar-refractivity contribution >= 4 is 35.2 Å². The Morgan fingerprint density at radius 1 is 1.22 bits per heavy atom. The lowest BCUT2D eigenvalue weighted by molar-refractivity contribution is -0.121. The number of nitrogens with one attached hydrogen (secondary N) is 1. The maximum Gasteiger partial charge on any atom is 0.222 e. The summed E-state index contributed by atoms with van der Waals surface area (Å²) in [7, 11) is 2.05. The van der Waals surface area contributed by atoms with Gasteiger partial charge in [-0.2, -0.15) is 0 Å². The summed E-state index contributed by atoms with van der Waals surface area (Å²) in [5.74, 6) is 0.680. The van der Waals surface area contributed by atoms with Crippen molar-refractivity contribution in [1.29, 1.82) is 0 Å². The summed E-state index contributed by atoms with van der Waals surface area (Å²) in [6, 6.07) is 6.87. The fourth-order valence-corrected chi connectivity index (χ4v) is 4.76. The fraction of sp³-hybridized carbons (Fsp3) is 0.600. The molecular formula is C20H29ClFN3OS. The molecule has 2 aliphatic rings. The number of aliphatic imine (C=N–C) groups is 1. The molecule has 1 unspecified atom stereocenters. The highest BCUT2D eigenvalue weighted by atomic mass is 35.5. The Labute approximate surface area is 171 Å². The maximum atomic E-state index is 12.9. The Balaban J connectivity index is 0.00000261. The number of carbonyl (C=O) groups is 1. The smallest absolute Gasteiger partial charge is 0.222 e. The van der Waals surface area contributed by atoms with Gasteiger partial charge in [0.1, 0.15) is 5.82 Å². The molecule has 0 bridgehead atoms. The van der Waals surface area contributed by atoms with Crippen molar-refractivity contribution in [2.45, 2.75) is 63.6 Å². The highest BCUT2D eigenvalue weighted by Crippen LogP contribution is 2.27. The largest absolute Gasteiger partial charge is 0.352 e. The third-order valence-electron chi connectivity index (χ3n) is 5.20. The van der Waals surface area contributed by atoms with Crippen LogP contribution in [0.15, 0.2) is 29.3 Å². The van der Waals surface area contributed by atoms with Gasteiger partial charge < -0.3 is 10.2 Å². The Bertz CT molecular complexity index is 633. The molecular weight excluding hydrogens is 385 g/mol. The van der Waals surface area contributed by atoms with Crippen molar-refractivity contribution < 1.29 is 9.18 Å². The number of benzene rings is 1. The Hall–Kier alpha value is -1.27. The minimum atomic E-state index is -0.259. The predicted molar refractivity (Wildman–Crippen MR) is 113 cm³/mol. The first-order valence-electron chi connectivity index (χ1n) is 9.56. The van der Waals surface area contributed by atoms with Crippen LogP contribution in [0.1, 0.15) is 50.5 Å². The van der Waals surface area contributed by atoms with Gasteiger partial charge in [-0.05, 0) is 30.5 Å². The van der Waals surface area contributed by atoms with E-state index in [-0.39, 0.29) is 30.2 Å². The third-order valence-corrected chi connectivity index (χ3v) is 6.40. The van der Waals surface area contributed by atoms with Gasteiger partial charge in [0, 0.05) is 31.8 Å². The van der Waals surface area contributed by atoms with Gasteiger partial charge in [0.05, 0.1) is 6.04 Å². The van der Waals surface area contributed by atoms with Crippen LogP contribution < -0.4 is 5.32 Å². The lowest BCUT2D eigenvalue weighted by Crippen LogP contribution is -2.36. The van der Waals surface area contributed by atoms with E-state index in [0.29, 0.717) is 19.0 Å². The van der Waals surface area contributed by atoms with Gasteiger partial charge in [-0.25, -0.2) is 4.39 Å². The van der Waals surface area contributed by atoms with Crippen molar-refractivity contribution in [1.82, 2.24) is 10.2 Å². The monoisotopic (exact) mass is 413 g/mol. The van der Waals surface area contributed by atoms with Crippen LogP contribution in [0.5, 0.6) is 0 Å². The number of carbonyl (C=O) groups excluding carboxylic acids is 1. The predicted octanol–water partition coefficient (Wildman–Crippen LogP) is 4.38. The van der Waals surface area contributed by atoms with Crippen LogP contribution in [0, 0.1) is 5.82 Å². The summed E-state index contributed by atoms with van der Waals surface area (Å²) in [4.78, 5) is 19.4. The second-order valence-electron chi connectivity index (χ2n) is 7.24. The molecule has 1 saturated heterocycles. The van der Waals surface area contributed by atoms with Crippen molar-refractivity contribution in [3.8, 4) is 0 Å². The van der Waals surface area contributed by atoms with E-state index in [1.54, 1.807) is 23.9 Å². The highest BCUT2D eigenvalue weighted by Gasteiger charge is 2.29. The molecule has 7 heteroatoms. The Morgan fingerprint density at radius 3 is 2.56 bits per heavy atom. The summed E-state index contributed by atoms with van der Waals surface area (Å²) in [6.45, 7) is 0.436. The van der Waals surface area contributed by atoms with Crippen molar-refractivity contribution in [2.24, 2.45) is 4.99 Å². The highest BCUT2D eigenvalue weighted by molar-refractivity contribution is 8.14. The Morgan fingerprint density at radius 2 is 1.89 bits per heavy atom. The van der Waals surface area contributed by atoms with E-state index in [1.807, 2.05) is 7.05 Å². The van der Waals surface area contributed by atoms with Crippen LogP contribution in [0.4, 0.5) is 4.39 Å². The quantitative estimate of drug-likeness (QED) is 0.728. The summed E-state index contributed by atoms with van der Waals surface area (Å²) >= 11 is 1.77. The normalized spacial score (nSPS) is 22.4. The number of rotatable bonds is 5. The molecule has 1 aliphatic heterocycles. The zero-order valence-corrected chi connectivity index (χ0v) is 17.5. The molecule has 0 spiro atoms. The number of hydrogen-bond acceptors (Lipinski definition) is 3. The molecule has 2 fully saturated rings. The summed E-state index contributed by atoms with van der Waals surface area (Å²) in [5, 5.41) is 4.02. The van der Waals surface area contributed by atoms with Crippen molar-refractivity contribution in [3.63, 3.8) is 0 Å². The van der Waals surface area contributed by atoms with Crippen LogP contribution >= 0.6 is 24.2 Å². The third kappa shape index (κ3) is 6.68.